The molecule has 2 fully saturated rings. The molecule has 204 valence electrons. The van der Waals surface area contributed by atoms with Crippen molar-refractivity contribution in [3.8, 4) is 5.75 Å². The van der Waals surface area contributed by atoms with Crippen LogP contribution in [0.3, 0.4) is 0 Å². The highest BCUT2D eigenvalue weighted by Gasteiger charge is 2.56. The number of halogens is 3. The number of amides is 4. The van der Waals surface area contributed by atoms with Gasteiger partial charge in [-0.25, -0.2) is 9.78 Å². The van der Waals surface area contributed by atoms with Crippen LogP contribution in [0, 0.1) is 11.8 Å². The van der Waals surface area contributed by atoms with Crippen molar-refractivity contribution in [2.75, 3.05) is 18.2 Å². The van der Waals surface area contributed by atoms with Crippen molar-refractivity contribution < 1.29 is 32.3 Å². The fourth-order valence-electron chi connectivity index (χ4n) is 5.18. The second kappa shape index (κ2) is 11.3. The molecule has 0 spiro atoms. The lowest BCUT2D eigenvalue weighted by molar-refractivity contribution is -0.170. The molecule has 4 amide bonds. The van der Waals surface area contributed by atoms with Gasteiger partial charge in [0.2, 0.25) is 11.8 Å². The van der Waals surface area contributed by atoms with Crippen LogP contribution < -0.4 is 21.1 Å². The Balaban J connectivity index is 1.56. The van der Waals surface area contributed by atoms with Crippen molar-refractivity contribution in [3.05, 3.63) is 48.2 Å². The predicted molar refractivity (Wildman–Crippen MR) is 133 cm³/mol. The SMILES string of the molecule is COc1ccc(NC(=O)[C@@H]2[C@H](Cc3ccnc(N)c3)C(=O)N2C(=O)NC(C2CCCCC2)C(F)(F)F)cc1. The summed E-state index contributed by atoms with van der Waals surface area (Å²) in [6, 6.07) is 4.87. The van der Waals surface area contributed by atoms with Crippen LogP contribution in [0.2, 0.25) is 0 Å². The Morgan fingerprint density at radius 3 is 2.45 bits per heavy atom. The Morgan fingerprint density at radius 1 is 1.16 bits per heavy atom. The maximum absolute atomic E-state index is 13.9. The first-order chi connectivity index (χ1) is 18.1. The molecule has 1 aliphatic heterocycles. The van der Waals surface area contributed by atoms with E-state index in [1.165, 1.54) is 19.4 Å². The number of β-lactam (4-membered cyclic amide) rings is 1. The number of benzene rings is 1. The monoisotopic (exact) mass is 533 g/mol. The summed E-state index contributed by atoms with van der Waals surface area (Å²) < 4.78 is 46.9. The summed E-state index contributed by atoms with van der Waals surface area (Å²) in [7, 11) is 1.49. The van der Waals surface area contributed by atoms with Gasteiger partial charge in [0.05, 0.1) is 13.0 Å². The van der Waals surface area contributed by atoms with Gasteiger partial charge in [0.1, 0.15) is 23.7 Å². The fraction of sp³-hybridized carbons (Fsp3) is 0.462. The second-order valence-electron chi connectivity index (χ2n) is 9.64. The standard InChI is InChI=1S/C26H30F3N5O4/c1-38-18-9-7-17(8-10-18)32-23(35)21-19(13-15-11-12-31-20(30)14-15)24(36)34(21)25(37)33-22(26(27,28)29)16-5-3-2-4-6-16/h7-12,14,16,19,21-22H,2-6,13H2,1H3,(H2,30,31)(H,32,35)(H,33,37)/t19-,21-,22?/m0/s1. The average Bonchev–Trinajstić information content (AvgIpc) is 2.89. The maximum atomic E-state index is 13.9. The molecule has 1 aliphatic carbocycles. The minimum atomic E-state index is -4.69. The number of aromatic nitrogens is 1. The molecule has 4 N–H and O–H groups in total. The zero-order valence-electron chi connectivity index (χ0n) is 20.8. The molecule has 9 nitrogen and oxygen atoms in total. The third kappa shape index (κ3) is 6.00. The lowest BCUT2D eigenvalue weighted by Gasteiger charge is -2.45. The van der Waals surface area contributed by atoms with Gasteiger partial charge < -0.3 is 21.1 Å². The normalized spacial score (nSPS) is 20.8. The molecule has 1 saturated carbocycles. The number of pyridine rings is 1. The van der Waals surface area contributed by atoms with Gasteiger partial charge in [-0.2, -0.15) is 13.2 Å². The van der Waals surface area contributed by atoms with Crippen molar-refractivity contribution in [2.45, 2.75) is 56.8 Å². The number of carbonyl (C=O) groups is 3. The summed E-state index contributed by atoms with van der Waals surface area (Å²) in [6.45, 7) is 0. The molecule has 2 heterocycles. The molecule has 1 unspecified atom stereocenters. The second-order valence-corrected chi connectivity index (χ2v) is 9.64. The topological polar surface area (TPSA) is 127 Å². The van der Waals surface area contributed by atoms with Crippen molar-refractivity contribution >= 4 is 29.4 Å². The van der Waals surface area contributed by atoms with E-state index in [0.717, 1.165) is 6.42 Å². The molecule has 0 radical (unpaired) electrons. The molecule has 12 heteroatoms. The largest absolute Gasteiger partial charge is 0.497 e. The molecular weight excluding hydrogens is 503 g/mol. The number of methoxy groups -OCH3 is 1. The number of nitrogens with two attached hydrogens (primary N) is 1. The van der Waals surface area contributed by atoms with Gasteiger partial charge in [-0.15, -0.1) is 0 Å². The zero-order chi connectivity index (χ0) is 27.4. The molecular formula is C26H30F3N5O4. The van der Waals surface area contributed by atoms with Crippen molar-refractivity contribution in [2.24, 2.45) is 11.8 Å². The van der Waals surface area contributed by atoms with Crippen LogP contribution in [0.4, 0.5) is 29.5 Å². The number of hydrogen-bond donors (Lipinski definition) is 3. The van der Waals surface area contributed by atoms with Crippen molar-refractivity contribution in [1.82, 2.24) is 15.2 Å². The molecule has 3 atom stereocenters. The first-order valence-electron chi connectivity index (χ1n) is 12.4. The van der Waals surface area contributed by atoms with Gasteiger partial charge in [-0.05, 0) is 67.1 Å². The van der Waals surface area contributed by atoms with E-state index in [1.54, 1.807) is 30.3 Å². The number of imide groups is 1. The quantitative estimate of drug-likeness (QED) is 0.464. The van der Waals surface area contributed by atoms with Crippen LogP contribution in [0.25, 0.3) is 0 Å². The third-order valence-corrected chi connectivity index (χ3v) is 7.11. The summed E-state index contributed by atoms with van der Waals surface area (Å²) in [6.07, 6.45) is -0.420. The highest BCUT2D eigenvalue weighted by molar-refractivity contribution is 6.12. The first-order valence-corrected chi connectivity index (χ1v) is 12.4. The van der Waals surface area contributed by atoms with Crippen molar-refractivity contribution in [1.29, 1.82) is 0 Å². The van der Waals surface area contributed by atoms with Crippen LogP contribution in [0.15, 0.2) is 42.6 Å². The molecule has 38 heavy (non-hydrogen) atoms. The van der Waals surface area contributed by atoms with Gasteiger partial charge in [0.15, 0.2) is 0 Å². The Morgan fingerprint density at radius 2 is 1.84 bits per heavy atom. The predicted octanol–water partition coefficient (Wildman–Crippen LogP) is 3.90. The Hall–Kier alpha value is -3.83. The fourth-order valence-corrected chi connectivity index (χ4v) is 5.18. The van der Waals surface area contributed by atoms with E-state index in [2.05, 4.69) is 10.3 Å². The molecule has 2 aliphatic rings. The summed E-state index contributed by atoms with van der Waals surface area (Å²) in [5.41, 5.74) is 6.70. The van der Waals surface area contributed by atoms with Crippen LogP contribution in [-0.2, 0) is 16.0 Å². The highest BCUT2D eigenvalue weighted by Crippen LogP contribution is 2.36. The number of urea groups is 1. The van der Waals surface area contributed by atoms with Crippen LogP contribution in [0.1, 0.15) is 37.7 Å². The maximum Gasteiger partial charge on any atom is 0.408 e. The molecule has 1 aromatic carbocycles. The van der Waals surface area contributed by atoms with Gasteiger partial charge in [-0.3, -0.25) is 14.5 Å². The Kier molecular flexibility index (Phi) is 8.08. The average molecular weight is 534 g/mol. The Bertz CT molecular complexity index is 1170. The van der Waals surface area contributed by atoms with Gasteiger partial charge in [0, 0.05) is 11.9 Å². The summed E-state index contributed by atoms with van der Waals surface area (Å²) >= 11 is 0. The van der Waals surface area contributed by atoms with E-state index in [9.17, 15) is 27.6 Å². The smallest absolute Gasteiger partial charge is 0.408 e. The molecule has 0 bridgehead atoms. The van der Waals surface area contributed by atoms with Gasteiger partial charge in [-0.1, -0.05) is 19.3 Å². The Labute approximate surface area is 217 Å². The molecule has 4 rings (SSSR count). The minimum absolute atomic E-state index is 0.0569. The van der Waals surface area contributed by atoms with E-state index < -0.39 is 47.9 Å². The van der Waals surface area contributed by atoms with Crippen LogP contribution in [-0.4, -0.2) is 53.1 Å². The number of nitrogens with zero attached hydrogens (tertiary/aromatic N) is 2. The number of hydrogen-bond acceptors (Lipinski definition) is 6. The van der Waals surface area contributed by atoms with Crippen molar-refractivity contribution in [3.63, 3.8) is 0 Å². The minimum Gasteiger partial charge on any atom is -0.497 e. The number of nitrogens with one attached hydrogen (secondary N) is 2. The van der Waals surface area contributed by atoms with E-state index in [0.29, 0.717) is 47.6 Å². The first kappa shape index (κ1) is 27.2. The number of rotatable bonds is 7. The molecule has 1 saturated heterocycles. The number of likely N-dealkylation sites (tertiary alicyclic amines) is 1. The zero-order valence-corrected chi connectivity index (χ0v) is 20.8. The lowest BCUT2D eigenvalue weighted by Crippen LogP contribution is -2.71. The summed E-state index contributed by atoms with van der Waals surface area (Å²) in [4.78, 5) is 44.0. The summed E-state index contributed by atoms with van der Waals surface area (Å²) in [5, 5.41) is 4.68. The number of carbonyl (C=O) groups excluding carboxylic acids is 3. The molecule has 2 aromatic rings. The number of anilines is 2. The van der Waals surface area contributed by atoms with E-state index in [4.69, 9.17) is 10.5 Å². The van der Waals surface area contributed by atoms with E-state index in [1.807, 2.05) is 5.32 Å². The number of nitrogen functional groups attached to an aromatic ring is 1. The summed E-state index contributed by atoms with van der Waals surface area (Å²) in [5.74, 6) is -2.43. The lowest BCUT2D eigenvalue weighted by atomic mass is 9.81. The number of alkyl halides is 3. The highest BCUT2D eigenvalue weighted by atomic mass is 19.4. The van der Waals surface area contributed by atoms with Gasteiger partial charge >= 0.3 is 12.2 Å². The number of ether oxygens (including phenoxy) is 1. The third-order valence-electron chi connectivity index (χ3n) is 7.11. The van der Waals surface area contributed by atoms with E-state index in [-0.39, 0.29) is 12.2 Å². The van der Waals surface area contributed by atoms with E-state index >= 15 is 0 Å². The van der Waals surface area contributed by atoms with Crippen LogP contribution in [0.5, 0.6) is 5.75 Å². The molecule has 1 aromatic heterocycles. The van der Waals surface area contributed by atoms with Gasteiger partial charge in [0.25, 0.3) is 0 Å². The van der Waals surface area contributed by atoms with Crippen LogP contribution >= 0.6 is 0 Å².